The van der Waals surface area contributed by atoms with Crippen LogP contribution in [0.2, 0.25) is 0 Å². The van der Waals surface area contributed by atoms with Gasteiger partial charge in [-0.1, -0.05) is 24.3 Å². The first-order valence-electron chi connectivity index (χ1n) is 9.11. The summed E-state index contributed by atoms with van der Waals surface area (Å²) in [5, 5.41) is 3.60. The number of pyridine rings is 2. The zero-order valence-corrected chi connectivity index (χ0v) is 15.4. The Morgan fingerprint density at radius 3 is 2.79 bits per heavy atom. The van der Waals surface area contributed by atoms with Crippen LogP contribution in [-0.4, -0.2) is 52.4 Å². The predicted molar refractivity (Wildman–Crippen MR) is 104 cm³/mol. The molecule has 3 heterocycles. The predicted octanol–water partition coefficient (Wildman–Crippen LogP) is 2.04. The lowest BCUT2D eigenvalue weighted by Crippen LogP contribution is -2.45. The lowest BCUT2D eigenvalue weighted by molar-refractivity contribution is -0.124. The van der Waals surface area contributed by atoms with E-state index in [0.717, 1.165) is 10.9 Å². The number of fused-ring (bicyclic) bond motifs is 1. The van der Waals surface area contributed by atoms with Gasteiger partial charge >= 0.3 is 0 Å². The third-order valence-corrected chi connectivity index (χ3v) is 4.83. The molecule has 1 aliphatic heterocycles. The summed E-state index contributed by atoms with van der Waals surface area (Å²) >= 11 is 0. The van der Waals surface area contributed by atoms with Crippen LogP contribution in [-0.2, 0) is 4.79 Å². The molecule has 0 bridgehead atoms. The maximum atomic E-state index is 13.1. The number of para-hydroxylation sites is 1. The molecular formula is C21H20N4O3. The van der Waals surface area contributed by atoms with Crippen molar-refractivity contribution in [2.75, 3.05) is 13.6 Å². The molecule has 0 aliphatic carbocycles. The van der Waals surface area contributed by atoms with Gasteiger partial charge in [-0.25, -0.2) is 4.98 Å². The van der Waals surface area contributed by atoms with Crippen molar-refractivity contribution in [1.29, 1.82) is 0 Å². The average Bonchev–Trinajstić information content (AvgIpc) is 3.16. The van der Waals surface area contributed by atoms with Gasteiger partial charge in [0.1, 0.15) is 23.6 Å². The quantitative estimate of drug-likeness (QED) is 0.753. The molecule has 7 nitrogen and oxygen atoms in total. The molecule has 1 saturated heterocycles. The third kappa shape index (κ3) is 3.51. The number of amides is 2. The minimum absolute atomic E-state index is 0.216. The largest absolute Gasteiger partial charge is 0.487 e. The van der Waals surface area contributed by atoms with E-state index in [1.807, 2.05) is 30.3 Å². The summed E-state index contributed by atoms with van der Waals surface area (Å²) in [7, 11) is 1.56. The molecule has 3 aromatic rings. The van der Waals surface area contributed by atoms with E-state index >= 15 is 0 Å². The Morgan fingerprint density at radius 2 is 2.00 bits per heavy atom. The summed E-state index contributed by atoms with van der Waals surface area (Å²) in [6, 6.07) is 14.1. The molecule has 2 atom stereocenters. The number of aromatic nitrogens is 2. The lowest BCUT2D eigenvalue weighted by Gasteiger charge is -2.22. The zero-order valence-electron chi connectivity index (χ0n) is 15.4. The highest BCUT2D eigenvalue weighted by Gasteiger charge is 2.41. The van der Waals surface area contributed by atoms with Crippen molar-refractivity contribution in [2.24, 2.45) is 0 Å². The van der Waals surface area contributed by atoms with Crippen molar-refractivity contribution in [3.05, 3.63) is 66.6 Å². The van der Waals surface area contributed by atoms with Crippen LogP contribution in [0, 0.1) is 0 Å². The molecule has 0 spiro atoms. The Morgan fingerprint density at radius 1 is 1.14 bits per heavy atom. The highest BCUT2D eigenvalue weighted by Crippen LogP contribution is 2.25. The summed E-state index contributed by atoms with van der Waals surface area (Å²) in [5.41, 5.74) is 1.06. The summed E-state index contributed by atoms with van der Waals surface area (Å²) in [6.07, 6.45) is 3.39. The fourth-order valence-electron chi connectivity index (χ4n) is 3.46. The van der Waals surface area contributed by atoms with Gasteiger partial charge < -0.3 is 15.0 Å². The fourth-order valence-corrected chi connectivity index (χ4v) is 3.46. The number of likely N-dealkylation sites (N-methyl/N-ethyl adjacent to an activating group) is 1. The summed E-state index contributed by atoms with van der Waals surface area (Å²) < 4.78 is 5.93. The molecule has 0 radical (unpaired) electrons. The zero-order chi connectivity index (χ0) is 19.5. The number of hydrogen-bond donors (Lipinski definition) is 1. The van der Waals surface area contributed by atoms with Gasteiger partial charge in [0.2, 0.25) is 5.91 Å². The molecule has 1 N–H and O–H groups in total. The normalized spacial score (nSPS) is 18.8. The highest BCUT2D eigenvalue weighted by molar-refractivity contribution is 5.98. The van der Waals surface area contributed by atoms with E-state index in [1.54, 1.807) is 37.6 Å². The van der Waals surface area contributed by atoms with Crippen molar-refractivity contribution in [1.82, 2.24) is 20.2 Å². The SMILES string of the molecule is CNC(=O)[C@@H]1C[C@H](Oc2cccnc2)CN1C(=O)c1ccc2ccccc2n1. The Hall–Kier alpha value is -3.48. The maximum absolute atomic E-state index is 13.1. The van der Waals surface area contributed by atoms with Crippen molar-refractivity contribution in [2.45, 2.75) is 18.6 Å². The van der Waals surface area contributed by atoms with E-state index in [4.69, 9.17) is 4.74 Å². The first-order chi connectivity index (χ1) is 13.7. The van der Waals surface area contributed by atoms with Crippen LogP contribution in [0.3, 0.4) is 0 Å². The molecule has 142 valence electrons. The number of carbonyl (C=O) groups is 2. The van der Waals surface area contributed by atoms with Crippen LogP contribution in [0.15, 0.2) is 60.9 Å². The van der Waals surface area contributed by atoms with Crippen molar-refractivity contribution in [3.63, 3.8) is 0 Å². The van der Waals surface area contributed by atoms with E-state index < -0.39 is 6.04 Å². The van der Waals surface area contributed by atoms with E-state index in [2.05, 4.69) is 15.3 Å². The number of carbonyl (C=O) groups excluding carboxylic acids is 2. The van der Waals surface area contributed by atoms with Crippen molar-refractivity contribution >= 4 is 22.7 Å². The van der Waals surface area contributed by atoms with E-state index in [9.17, 15) is 9.59 Å². The number of nitrogens with one attached hydrogen (secondary N) is 1. The van der Waals surface area contributed by atoms with Gasteiger partial charge in [-0.05, 0) is 24.3 Å². The van der Waals surface area contributed by atoms with Gasteiger partial charge in [-0.2, -0.15) is 0 Å². The molecule has 0 saturated carbocycles. The monoisotopic (exact) mass is 376 g/mol. The van der Waals surface area contributed by atoms with Gasteiger partial charge in [0.05, 0.1) is 18.3 Å². The van der Waals surface area contributed by atoms with Crippen molar-refractivity contribution < 1.29 is 14.3 Å². The van der Waals surface area contributed by atoms with Crippen LogP contribution < -0.4 is 10.1 Å². The molecule has 2 amide bonds. The van der Waals surface area contributed by atoms with E-state index in [-0.39, 0.29) is 17.9 Å². The van der Waals surface area contributed by atoms with Crippen molar-refractivity contribution in [3.8, 4) is 5.75 Å². The number of hydrogen-bond acceptors (Lipinski definition) is 5. The van der Waals surface area contributed by atoms with Gasteiger partial charge in [0, 0.05) is 25.1 Å². The van der Waals surface area contributed by atoms with Crippen LogP contribution in [0.1, 0.15) is 16.9 Å². The molecule has 7 heteroatoms. The van der Waals surface area contributed by atoms with Crippen LogP contribution in [0.5, 0.6) is 5.75 Å². The average molecular weight is 376 g/mol. The molecule has 1 aromatic carbocycles. The van der Waals surface area contributed by atoms with Gasteiger partial charge in [-0.3, -0.25) is 14.6 Å². The number of ether oxygens (including phenoxy) is 1. The second kappa shape index (κ2) is 7.64. The Bertz CT molecular complexity index is 1010. The molecule has 28 heavy (non-hydrogen) atoms. The Labute approximate surface area is 162 Å². The smallest absolute Gasteiger partial charge is 0.273 e. The minimum atomic E-state index is -0.604. The van der Waals surface area contributed by atoms with Crippen LogP contribution >= 0.6 is 0 Å². The molecule has 0 unspecified atom stereocenters. The second-order valence-corrected chi connectivity index (χ2v) is 6.64. The van der Waals surface area contributed by atoms with E-state index in [1.165, 1.54) is 4.90 Å². The number of rotatable bonds is 4. The first-order valence-corrected chi connectivity index (χ1v) is 9.11. The fraction of sp³-hybridized carbons (Fsp3) is 0.238. The summed E-state index contributed by atoms with van der Waals surface area (Å²) in [4.78, 5) is 35.6. The molecule has 1 fully saturated rings. The maximum Gasteiger partial charge on any atom is 0.273 e. The van der Waals surface area contributed by atoms with Gasteiger partial charge in [0.25, 0.3) is 5.91 Å². The Balaban J connectivity index is 1.59. The molecule has 1 aliphatic rings. The topological polar surface area (TPSA) is 84.4 Å². The van der Waals surface area contributed by atoms with Crippen LogP contribution in [0.25, 0.3) is 10.9 Å². The molecular weight excluding hydrogens is 356 g/mol. The third-order valence-electron chi connectivity index (χ3n) is 4.83. The molecule has 2 aromatic heterocycles. The Kier molecular flexibility index (Phi) is 4.89. The highest BCUT2D eigenvalue weighted by atomic mass is 16.5. The minimum Gasteiger partial charge on any atom is -0.487 e. The first kappa shape index (κ1) is 17.9. The lowest BCUT2D eigenvalue weighted by atomic mass is 10.1. The number of benzene rings is 1. The second-order valence-electron chi connectivity index (χ2n) is 6.64. The summed E-state index contributed by atoms with van der Waals surface area (Å²) in [5.74, 6) is 0.115. The van der Waals surface area contributed by atoms with Gasteiger partial charge in [-0.15, -0.1) is 0 Å². The van der Waals surface area contributed by atoms with E-state index in [0.29, 0.717) is 24.4 Å². The number of nitrogens with zero attached hydrogens (tertiary/aromatic N) is 3. The van der Waals surface area contributed by atoms with Gasteiger partial charge in [0.15, 0.2) is 0 Å². The number of likely N-dealkylation sites (tertiary alicyclic amines) is 1. The standard InChI is InChI=1S/C21H20N4O3/c1-22-20(26)19-11-16(28-15-6-4-10-23-12-15)13-25(19)21(27)18-9-8-14-5-2-3-7-17(14)24-18/h2-10,12,16,19H,11,13H2,1H3,(H,22,26)/t16-,19-/m0/s1. The molecule has 4 rings (SSSR count). The van der Waals surface area contributed by atoms with Crippen LogP contribution in [0.4, 0.5) is 0 Å². The summed E-state index contributed by atoms with van der Waals surface area (Å²) in [6.45, 7) is 0.306.